The number of hydrogen-bond donors (Lipinski definition) is 0. The number of likely N-dealkylation sites (tertiary alicyclic amines) is 1. The van der Waals surface area contributed by atoms with Crippen LogP contribution in [0, 0.1) is 0 Å². The van der Waals surface area contributed by atoms with E-state index in [0.717, 1.165) is 0 Å². The predicted molar refractivity (Wildman–Crippen MR) is 49.2 cm³/mol. The van der Waals surface area contributed by atoms with Crippen LogP contribution in [0.4, 0.5) is 0 Å². The topological polar surface area (TPSA) is 12.5 Å². The second-order valence-corrected chi connectivity index (χ2v) is 4.26. The van der Waals surface area contributed by atoms with E-state index in [0.29, 0.717) is 6.04 Å². The van der Waals surface area contributed by atoms with Gasteiger partial charge in [-0.05, 0) is 45.7 Å². The molecule has 0 aromatic rings. The Kier molecular flexibility index (Phi) is 2.13. The van der Waals surface area contributed by atoms with Gasteiger partial charge in [0.05, 0.1) is 5.60 Å². The fraction of sp³-hybridized carbons (Fsp3) is 1.00. The molecule has 0 N–H and O–H groups in total. The van der Waals surface area contributed by atoms with E-state index in [4.69, 9.17) is 4.74 Å². The van der Waals surface area contributed by atoms with E-state index in [2.05, 4.69) is 11.9 Å². The summed E-state index contributed by atoms with van der Waals surface area (Å²) in [4.78, 5) is 2.47. The first-order valence-electron chi connectivity index (χ1n) is 5.04. The van der Waals surface area contributed by atoms with Gasteiger partial charge in [-0.2, -0.15) is 0 Å². The molecule has 1 saturated carbocycles. The lowest BCUT2D eigenvalue weighted by atomic mass is 9.73. The van der Waals surface area contributed by atoms with Gasteiger partial charge in [0, 0.05) is 13.2 Å². The Bertz CT molecular complexity index is 160. The molecule has 0 radical (unpaired) electrons. The second-order valence-electron chi connectivity index (χ2n) is 4.26. The Balaban J connectivity index is 2.05. The third-order valence-corrected chi connectivity index (χ3v) is 3.73. The molecule has 2 heteroatoms. The highest BCUT2D eigenvalue weighted by atomic mass is 16.5. The average molecular weight is 169 g/mol. The van der Waals surface area contributed by atoms with Gasteiger partial charge < -0.3 is 9.64 Å². The van der Waals surface area contributed by atoms with Crippen LogP contribution in [-0.2, 0) is 4.74 Å². The molecule has 2 fully saturated rings. The molecule has 12 heavy (non-hydrogen) atoms. The maximum absolute atomic E-state index is 5.69. The predicted octanol–water partition coefficient (Wildman–Crippen LogP) is 1.65. The minimum absolute atomic E-state index is 0.241. The number of hydrogen-bond acceptors (Lipinski definition) is 2. The largest absolute Gasteiger partial charge is 0.377 e. The molecule has 2 aliphatic rings. The van der Waals surface area contributed by atoms with Crippen molar-refractivity contribution in [1.29, 1.82) is 0 Å². The van der Waals surface area contributed by atoms with Crippen LogP contribution >= 0.6 is 0 Å². The zero-order valence-corrected chi connectivity index (χ0v) is 8.18. The molecule has 0 amide bonds. The number of methoxy groups -OCH3 is 1. The fourth-order valence-electron chi connectivity index (χ4n) is 2.77. The van der Waals surface area contributed by atoms with Crippen molar-refractivity contribution in [3.8, 4) is 0 Å². The molecule has 1 aliphatic carbocycles. The summed E-state index contributed by atoms with van der Waals surface area (Å²) in [6.07, 6.45) is 6.60. The third kappa shape index (κ3) is 1.09. The molecule has 1 saturated heterocycles. The molecule has 2 nitrogen and oxygen atoms in total. The van der Waals surface area contributed by atoms with Gasteiger partial charge in [-0.1, -0.05) is 0 Å². The summed E-state index contributed by atoms with van der Waals surface area (Å²) < 4.78 is 5.69. The van der Waals surface area contributed by atoms with Crippen LogP contribution in [0.5, 0.6) is 0 Å². The second kappa shape index (κ2) is 3.00. The number of rotatable bonds is 2. The monoisotopic (exact) mass is 169 g/mol. The molecule has 0 spiro atoms. The third-order valence-electron chi connectivity index (χ3n) is 3.73. The van der Waals surface area contributed by atoms with Crippen molar-refractivity contribution in [1.82, 2.24) is 4.90 Å². The molecule has 70 valence electrons. The zero-order valence-electron chi connectivity index (χ0n) is 8.18. The minimum Gasteiger partial charge on any atom is -0.377 e. The Morgan fingerprint density at radius 3 is 2.42 bits per heavy atom. The number of nitrogens with zero attached hydrogens (tertiary/aromatic N) is 1. The molecular formula is C10H19NO. The van der Waals surface area contributed by atoms with Crippen molar-refractivity contribution in [3.63, 3.8) is 0 Å². The van der Waals surface area contributed by atoms with Crippen LogP contribution in [-0.4, -0.2) is 37.2 Å². The molecule has 1 unspecified atom stereocenters. The summed E-state index contributed by atoms with van der Waals surface area (Å²) in [7, 11) is 4.11. The SMILES string of the molecule is COC1(C2CCCN2C)CCC1. The molecule has 2 rings (SSSR count). The van der Waals surface area contributed by atoms with Crippen LogP contribution in [0.25, 0.3) is 0 Å². The minimum atomic E-state index is 0.241. The summed E-state index contributed by atoms with van der Waals surface area (Å²) in [6.45, 7) is 1.26. The Labute approximate surface area is 74.9 Å². The first-order chi connectivity index (χ1) is 5.78. The molecule has 1 atom stereocenters. The highest BCUT2D eigenvalue weighted by Crippen LogP contribution is 2.43. The van der Waals surface area contributed by atoms with Crippen molar-refractivity contribution in [2.45, 2.75) is 43.7 Å². The van der Waals surface area contributed by atoms with Crippen LogP contribution < -0.4 is 0 Å². The van der Waals surface area contributed by atoms with Crippen LogP contribution in [0.2, 0.25) is 0 Å². The van der Waals surface area contributed by atoms with Crippen molar-refractivity contribution >= 4 is 0 Å². The first-order valence-corrected chi connectivity index (χ1v) is 5.04. The molecule has 0 bridgehead atoms. The summed E-state index contributed by atoms with van der Waals surface area (Å²) in [5.41, 5.74) is 0.241. The van der Waals surface area contributed by atoms with E-state index < -0.39 is 0 Å². The normalized spacial score (nSPS) is 35.0. The Hall–Kier alpha value is -0.0800. The van der Waals surface area contributed by atoms with Crippen molar-refractivity contribution in [2.75, 3.05) is 20.7 Å². The summed E-state index contributed by atoms with van der Waals surface area (Å²) in [6, 6.07) is 0.705. The quantitative estimate of drug-likeness (QED) is 0.623. The summed E-state index contributed by atoms with van der Waals surface area (Å²) >= 11 is 0. The lowest BCUT2D eigenvalue weighted by Gasteiger charge is -2.47. The summed E-state index contributed by atoms with van der Waals surface area (Å²) in [5, 5.41) is 0. The van der Waals surface area contributed by atoms with Crippen LogP contribution in [0.15, 0.2) is 0 Å². The maximum Gasteiger partial charge on any atom is 0.0833 e. The van der Waals surface area contributed by atoms with Gasteiger partial charge in [0.1, 0.15) is 0 Å². The van der Waals surface area contributed by atoms with Gasteiger partial charge in [-0.3, -0.25) is 0 Å². The van der Waals surface area contributed by atoms with Gasteiger partial charge in [0.15, 0.2) is 0 Å². The Morgan fingerprint density at radius 1 is 1.33 bits per heavy atom. The van der Waals surface area contributed by atoms with E-state index in [1.165, 1.54) is 38.6 Å². The van der Waals surface area contributed by atoms with Gasteiger partial charge in [0.2, 0.25) is 0 Å². The molecule has 0 aromatic carbocycles. The van der Waals surface area contributed by atoms with E-state index in [9.17, 15) is 0 Å². The van der Waals surface area contributed by atoms with E-state index in [1.54, 1.807) is 0 Å². The molecule has 0 aromatic heterocycles. The molecule has 1 heterocycles. The van der Waals surface area contributed by atoms with Gasteiger partial charge >= 0.3 is 0 Å². The lowest BCUT2D eigenvalue weighted by molar-refractivity contribution is -0.116. The van der Waals surface area contributed by atoms with Gasteiger partial charge in [-0.25, -0.2) is 0 Å². The van der Waals surface area contributed by atoms with Crippen LogP contribution in [0.3, 0.4) is 0 Å². The van der Waals surface area contributed by atoms with E-state index in [1.807, 2.05) is 7.11 Å². The molecular weight excluding hydrogens is 150 g/mol. The van der Waals surface area contributed by atoms with Crippen molar-refractivity contribution in [3.05, 3.63) is 0 Å². The highest BCUT2D eigenvalue weighted by molar-refractivity contribution is 5.02. The Morgan fingerprint density at radius 2 is 2.08 bits per heavy atom. The number of likely N-dealkylation sites (N-methyl/N-ethyl adjacent to an activating group) is 1. The lowest BCUT2D eigenvalue weighted by Crippen LogP contribution is -2.54. The van der Waals surface area contributed by atoms with E-state index in [-0.39, 0.29) is 5.60 Å². The fourth-order valence-corrected chi connectivity index (χ4v) is 2.77. The standard InChI is InChI=1S/C10H19NO/c1-11-8-3-5-9(11)10(12-2)6-4-7-10/h9H,3-8H2,1-2H3. The zero-order chi connectivity index (χ0) is 8.60. The average Bonchev–Trinajstić information content (AvgIpc) is 2.36. The maximum atomic E-state index is 5.69. The first kappa shape index (κ1) is 8.52. The van der Waals surface area contributed by atoms with E-state index >= 15 is 0 Å². The van der Waals surface area contributed by atoms with Gasteiger partial charge in [-0.15, -0.1) is 0 Å². The number of ether oxygens (including phenoxy) is 1. The highest BCUT2D eigenvalue weighted by Gasteiger charge is 2.47. The smallest absolute Gasteiger partial charge is 0.0833 e. The molecule has 1 aliphatic heterocycles. The van der Waals surface area contributed by atoms with Gasteiger partial charge in [0.25, 0.3) is 0 Å². The van der Waals surface area contributed by atoms with Crippen molar-refractivity contribution < 1.29 is 4.74 Å². The summed E-state index contributed by atoms with van der Waals surface area (Å²) in [5.74, 6) is 0. The van der Waals surface area contributed by atoms with Crippen LogP contribution in [0.1, 0.15) is 32.1 Å². The van der Waals surface area contributed by atoms with Crippen molar-refractivity contribution in [2.24, 2.45) is 0 Å².